The summed E-state index contributed by atoms with van der Waals surface area (Å²) in [6.07, 6.45) is 0. The molecule has 10 aromatic carbocycles. The van der Waals surface area contributed by atoms with Gasteiger partial charge in [0.05, 0.1) is 27.6 Å². The van der Waals surface area contributed by atoms with Crippen LogP contribution in [0.15, 0.2) is 229 Å². The fourth-order valence-electron chi connectivity index (χ4n) is 10.5. The first-order chi connectivity index (χ1) is 31.7. The van der Waals surface area contributed by atoms with Gasteiger partial charge in [0.15, 0.2) is 0 Å². The number of hydrogen-bond donors (Lipinski definition) is 0. The van der Waals surface area contributed by atoms with Gasteiger partial charge in [-0.1, -0.05) is 133 Å². The summed E-state index contributed by atoms with van der Waals surface area (Å²) in [5.41, 5.74) is 17.0. The van der Waals surface area contributed by atoms with Crippen LogP contribution in [0.25, 0.3) is 110 Å². The van der Waals surface area contributed by atoms with E-state index in [2.05, 4.69) is 226 Å². The Morgan fingerprint density at radius 1 is 0.297 bits per heavy atom. The van der Waals surface area contributed by atoms with Crippen LogP contribution in [0.5, 0.6) is 0 Å². The Morgan fingerprint density at radius 3 is 1.44 bits per heavy atom. The van der Waals surface area contributed by atoms with E-state index in [0.717, 1.165) is 55.8 Å². The van der Waals surface area contributed by atoms with Gasteiger partial charge in [0.2, 0.25) is 0 Å². The predicted octanol–water partition coefficient (Wildman–Crippen LogP) is 16.6. The summed E-state index contributed by atoms with van der Waals surface area (Å²) in [7, 11) is 0. The van der Waals surface area contributed by atoms with Crippen LogP contribution in [0.4, 0.5) is 17.1 Å². The molecule has 14 aromatic rings. The lowest BCUT2D eigenvalue weighted by Gasteiger charge is -2.26. The Bertz CT molecular complexity index is 4060. The molecule has 4 aromatic heterocycles. The second-order valence-electron chi connectivity index (χ2n) is 16.9. The summed E-state index contributed by atoms with van der Waals surface area (Å²) in [6.45, 7) is 0. The Balaban J connectivity index is 0.868. The molecule has 64 heavy (non-hydrogen) atoms. The molecule has 0 atom stereocenters. The lowest BCUT2D eigenvalue weighted by molar-refractivity contribution is 0.669. The monoisotopic (exact) mass is 815 g/mol. The van der Waals surface area contributed by atoms with E-state index in [1.165, 1.54) is 71.0 Å². The van der Waals surface area contributed by atoms with Crippen LogP contribution in [0.3, 0.4) is 0 Å². The quantitative estimate of drug-likeness (QED) is 0.167. The minimum atomic E-state index is 0.900. The normalized spacial score (nSPS) is 12.1. The minimum absolute atomic E-state index is 0.900. The van der Waals surface area contributed by atoms with E-state index in [1.807, 2.05) is 12.1 Å². The third-order valence-corrected chi connectivity index (χ3v) is 13.5. The molecule has 0 saturated heterocycles. The van der Waals surface area contributed by atoms with Gasteiger partial charge in [-0.25, -0.2) is 0 Å². The lowest BCUT2D eigenvalue weighted by Crippen LogP contribution is -2.09. The molecule has 0 unspecified atom stereocenters. The van der Waals surface area contributed by atoms with Gasteiger partial charge in [0.1, 0.15) is 11.2 Å². The first kappa shape index (κ1) is 35.0. The van der Waals surface area contributed by atoms with E-state index in [4.69, 9.17) is 4.42 Å². The average molecular weight is 816 g/mol. The van der Waals surface area contributed by atoms with Crippen molar-refractivity contribution >= 4 is 98.9 Å². The maximum Gasteiger partial charge on any atom is 0.136 e. The number of fused-ring (bicyclic) bond motifs is 12. The molecule has 0 radical (unpaired) electrons. The number of furan rings is 1. The van der Waals surface area contributed by atoms with E-state index in [-0.39, 0.29) is 0 Å². The van der Waals surface area contributed by atoms with Gasteiger partial charge in [-0.3, -0.25) is 0 Å². The van der Waals surface area contributed by atoms with Crippen molar-refractivity contribution < 1.29 is 4.42 Å². The molecule has 0 aliphatic carbocycles. The molecule has 0 aliphatic rings. The first-order valence-corrected chi connectivity index (χ1v) is 21.9. The van der Waals surface area contributed by atoms with Gasteiger partial charge in [0.25, 0.3) is 0 Å². The molecule has 14 rings (SSSR count). The van der Waals surface area contributed by atoms with Gasteiger partial charge < -0.3 is 18.3 Å². The third-order valence-electron chi connectivity index (χ3n) is 13.5. The van der Waals surface area contributed by atoms with Crippen molar-refractivity contribution in [2.24, 2.45) is 0 Å². The van der Waals surface area contributed by atoms with Crippen LogP contribution in [0.1, 0.15) is 0 Å². The zero-order valence-corrected chi connectivity index (χ0v) is 34.6. The van der Waals surface area contributed by atoms with Gasteiger partial charge in [-0.2, -0.15) is 0 Å². The van der Waals surface area contributed by atoms with Gasteiger partial charge in [-0.15, -0.1) is 0 Å². The molecule has 0 saturated carbocycles. The fraction of sp³-hybridized carbons (Fsp3) is 0. The number of hydrogen-bond acceptors (Lipinski definition) is 2. The Labute approximate surface area is 368 Å². The average Bonchev–Trinajstić information content (AvgIpc) is 4.10. The molecule has 298 valence electrons. The molecular formula is C60H37N3O. The Morgan fingerprint density at radius 2 is 0.766 bits per heavy atom. The second kappa shape index (κ2) is 13.4. The highest BCUT2D eigenvalue weighted by atomic mass is 16.3. The standard InChI is InChI=1S/C60H37N3O/c1-5-16-54-46(10-1)47-11-2-6-17-55(47)62(54)44-31-22-39(23-32-44)38-20-27-42(28-21-38)61(43-29-24-40(25-30-43)41-26-34-50-49-13-4-8-19-58(49)64-59(50)36-41)45-33-35-57-53(37-45)52-15-9-14-51-48-12-3-7-18-56(48)63(57)60(51)52/h1-37H. The zero-order chi connectivity index (χ0) is 41.9. The third kappa shape index (κ3) is 5.11. The zero-order valence-electron chi connectivity index (χ0n) is 34.6. The van der Waals surface area contributed by atoms with Crippen molar-refractivity contribution in [3.63, 3.8) is 0 Å². The van der Waals surface area contributed by atoms with E-state index in [0.29, 0.717) is 0 Å². The van der Waals surface area contributed by atoms with Crippen molar-refractivity contribution in [1.29, 1.82) is 0 Å². The van der Waals surface area contributed by atoms with Crippen LogP contribution >= 0.6 is 0 Å². The van der Waals surface area contributed by atoms with Crippen molar-refractivity contribution in [3.8, 4) is 27.9 Å². The maximum absolute atomic E-state index is 6.27. The van der Waals surface area contributed by atoms with Crippen molar-refractivity contribution in [2.45, 2.75) is 0 Å². The number of benzene rings is 10. The molecule has 0 N–H and O–H groups in total. The molecule has 0 amide bonds. The summed E-state index contributed by atoms with van der Waals surface area (Å²) in [5.74, 6) is 0. The number of rotatable bonds is 6. The van der Waals surface area contributed by atoms with E-state index >= 15 is 0 Å². The SMILES string of the molecule is c1ccc2c(c1)oc1cc(-c3ccc(N(c4ccc(-c5ccc(-n6c7ccccc7c7ccccc76)cc5)cc4)c4ccc5c(c4)c4cccc6c7ccccc7n5c64)cc3)ccc12. The van der Waals surface area contributed by atoms with Crippen LogP contribution < -0.4 is 4.90 Å². The number of nitrogens with zero attached hydrogens (tertiary/aromatic N) is 3. The number of para-hydroxylation sites is 5. The van der Waals surface area contributed by atoms with Crippen LogP contribution in [-0.2, 0) is 0 Å². The van der Waals surface area contributed by atoms with Crippen molar-refractivity contribution in [1.82, 2.24) is 8.97 Å². The van der Waals surface area contributed by atoms with Crippen LogP contribution in [0.2, 0.25) is 0 Å². The van der Waals surface area contributed by atoms with Gasteiger partial charge in [-0.05, 0) is 113 Å². The first-order valence-electron chi connectivity index (χ1n) is 21.9. The summed E-state index contributed by atoms with van der Waals surface area (Å²) in [4.78, 5) is 2.38. The second-order valence-corrected chi connectivity index (χ2v) is 16.9. The molecule has 0 fully saturated rings. The highest BCUT2D eigenvalue weighted by molar-refractivity contribution is 6.23. The van der Waals surface area contributed by atoms with E-state index < -0.39 is 0 Å². The van der Waals surface area contributed by atoms with Crippen LogP contribution in [-0.4, -0.2) is 8.97 Å². The highest BCUT2D eigenvalue weighted by Gasteiger charge is 2.20. The van der Waals surface area contributed by atoms with Crippen LogP contribution in [0, 0.1) is 0 Å². The van der Waals surface area contributed by atoms with Crippen molar-refractivity contribution in [3.05, 3.63) is 224 Å². The fourth-order valence-corrected chi connectivity index (χ4v) is 10.5. The minimum Gasteiger partial charge on any atom is -0.456 e. The van der Waals surface area contributed by atoms with E-state index in [9.17, 15) is 0 Å². The molecule has 4 heteroatoms. The Kier molecular flexibility index (Phi) is 7.36. The maximum atomic E-state index is 6.27. The molecule has 0 bridgehead atoms. The summed E-state index contributed by atoms with van der Waals surface area (Å²) in [6, 6.07) is 81.5. The topological polar surface area (TPSA) is 25.7 Å². The predicted molar refractivity (Wildman–Crippen MR) is 268 cm³/mol. The summed E-state index contributed by atoms with van der Waals surface area (Å²) in [5, 5.41) is 9.90. The molecular weight excluding hydrogens is 779 g/mol. The number of aromatic nitrogens is 2. The summed E-state index contributed by atoms with van der Waals surface area (Å²) < 4.78 is 11.1. The largest absolute Gasteiger partial charge is 0.456 e. The van der Waals surface area contributed by atoms with Gasteiger partial charge in [0, 0.05) is 65.8 Å². The van der Waals surface area contributed by atoms with E-state index in [1.54, 1.807) is 0 Å². The molecule has 0 aliphatic heterocycles. The molecule has 4 heterocycles. The Hall–Kier alpha value is -8.60. The highest BCUT2D eigenvalue weighted by Crippen LogP contribution is 2.44. The van der Waals surface area contributed by atoms with Crippen molar-refractivity contribution in [2.75, 3.05) is 4.90 Å². The smallest absolute Gasteiger partial charge is 0.136 e. The lowest BCUT2D eigenvalue weighted by atomic mass is 10.0. The molecule has 4 nitrogen and oxygen atoms in total. The number of anilines is 3. The van der Waals surface area contributed by atoms with Gasteiger partial charge >= 0.3 is 0 Å². The summed E-state index contributed by atoms with van der Waals surface area (Å²) >= 11 is 0. The molecule has 0 spiro atoms.